The second-order valence-corrected chi connectivity index (χ2v) is 7.04. The van der Waals surface area contributed by atoms with Crippen molar-refractivity contribution < 1.29 is 19.7 Å². The van der Waals surface area contributed by atoms with Crippen LogP contribution in [0.3, 0.4) is 0 Å². The Morgan fingerprint density at radius 2 is 1.27 bits per heavy atom. The van der Waals surface area contributed by atoms with Crippen LogP contribution in [0.2, 0.25) is 0 Å². The summed E-state index contributed by atoms with van der Waals surface area (Å²) in [6.07, 6.45) is 0. The molecule has 0 spiro atoms. The van der Waals surface area contributed by atoms with Crippen LogP contribution in [0.15, 0.2) is 88.1 Å². The predicted octanol–water partition coefficient (Wildman–Crippen LogP) is 5.40. The summed E-state index contributed by atoms with van der Waals surface area (Å²) in [4.78, 5) is 13.1. The molecule has 0 saturated carbocycles. The molecule has 0 saturated heterocycles. The quantitative estimate of drug-likeness (QED) is 0.348. The van der Waals surface area contributed by atoms with Gasteiger partial charge < -0.3 is 19.7 Å². The van der Waals surface area contributed by atoms with Crippen molar-refractivity contribution in [3.05, 3.63) is 89.1 Å². The lowest BCUT2D eigenvalue weighted by Gasteiger charge is -2.15. The SMILES string of the molecule is O=c1c2ccccc2oc2cc(-c3ccc(O)cc3)c(-c3ccc(O)cc3)c(O)c12. The topological polar surface area (TPSA) is 90.9 Å². The number of para-hydroxylation sites is 1. The average molecular weight is 396 g/mol. The van der Waals surface area contributed by atoms with E-state index in [1.165, 1.54) is 12.1 Å². The maximum Gasteiger partial charge on any atom is 0.204 e. The van der Waals surface area contributed by atoms with Gasteiger partial charge >= 0.3 is 0 Å². The first kappa shape index (κ1) is 17.8. The van der Waals surface area contributed by atoms with Crippen molar-refractivity contribution in [1.29, 1.82) is 0 Å². The van der Waals surface area contributed by atoms with Crippen LogP contribution >= 0.6 is 0 Å². The minimum Gasteiger partial charge on any atom is -0.508 e. The molecule has 0 bridgehead atoms. The van der Waals surface area contributed by atoms with Gasteiger partial charge in [0.25, 0.3) is 0 Å². The van der Waals surface area contributed by atoms with Gasteiger partial charge in [0, 0.05) is 5.56 Å². The Bertz CT molecular complexity index is 1460. The maximum atomic E-state index is 13.1. The molecular formula is C25H16O5. The first-order valence-electron chi connectivity index (χ1n) is 9.33. The van der Waals surface area contributed by atoms with Crippen LogP contribution in [0.1, 0.15) is 0 Å². The molecule has 4 aromatic carbocycles. The number of phenols is 3. The van der Waals surface area contributed by atoms with Crippen molar-refractivity contribution in [2.45, 2.75) is 0 Å². The van der Waals surface area contributed by atoms with E-state index in [4.69, 9.17) is 4.42 Å². The van der Waals surface area contributed by atoms with Gasteiger partial charge in [-0.25, -0.2) is 0 Å². The fourth-order valence-electron chi connectivity index (χ4n) is 3.73. The van der Waals surface area contributed by atoms with Crippen molar-refractivity contribution in [1.82, 2.24) is 0 Å². The molecule has 0 aliphatic carbocycles. The number of benzene rings is 4. The number of aromatic hydroxyl groups is 3. The summed E-state index contributed by atoms with van der Waals surface area (Å²) in [7, 11) is 0. The normalized spacial score (nSPS) is 11.2. The third kappa shape index (κ3) is 2.76. The van der Waals surface area contributed by atoms with Crippen LogP contribution in [0.4, 0.5) is 0 Å². The van der Waals surface area contributed by atoms with Crippen LogP contribution in [-0.2, 0) is 0 Å². The van der Waals surface area contributed by atoms with E-state index in [2.05, 4.69) is 0 Å². The minimum absolute atomic E-state index is 0.0933. The number of hydrogen-bond donors (Lipinski definition) is 3. The first-order chi connectivity index (χ1) is 14.5. The summed E-state index contributed by atoms with van der Waals surface area (Å²) in [5, 5.41) is 31.1. The van der Waals surface area contributed by atoms with Crippen molar-refractivity contribution >= 4 is 21.9 Å². The van der Waals surface area contributed by atoms with E-state index in [1.54, 1.807) is 66.7 Å². The molecule has 5 rings (SSSR count). The highest BCUT2D eigenvalue weighted by Crippen LogP contribution is 2.43. The Labute approximate surface area is 170 Å². The molecule has 146 valence electrons. The molecule has 5 heteroatoms. The van der Waals surface area contributed by atoms with E-state index in [-0.39, 0.29) is 33.6 Å². The Kier molecular flexibility index (Phi) is 3.96. The molecule has 0 unspecified atom stereocenters. The average Bonchev–Trinajstić information content (AvgIpc) is 2.75. The third-order valence-corrected chi connectivity index (χ3v) is 5.18. The van der Waals surface area contributed by atoms with Crippen LogP contribution < -0.4 is 5.43 Å². The highest BCUT2D eigenvalue weighted by Gasteiger charge is 2.21. The zero-order valence-corrected chi connectivity index (χ0v) is 15.7. The minimum atomic E-state index is -0.318. The lowest BCUT2D eigenvalue weighted by molar-refractivity contribution is 0.474. The molecule has 0 aliphatic heterocycles. The molecule has 0 fully saturated rings. The van der Waals surface area contributed by atoms with Crippen molar-refractivity contribution in [2.75, 3.05) is 0 Å². The largest absolute Gasteiger partial charge is 0.508 e. The van der Waals surface area contributed by atoms with E-state index in [0.717, 1.165) is 5.56 Å². The van der Waals surface area contributed by atoms with Gasteiger partial charge in [-0.15, -0.1) is 0 Å². The van der Waals surface area contributed by atoms with E-state index in [9.17, 15) is 20.1 Å². The summed E-state index contributed by atoms with van der Waals surface area (Å²) in [5.74, 6) is 0.0176. The van der Waals surface area contributed by atoms with Crippen molar-refractivity contribution in [2.24, 2.45) is 0 Å². The summed E-state index contributed by atoms with van der Waals surface area (Å²) in [6.45, 7) is 0. The number of rotatable bonds is 2. The highest BCUT2D eigenvalue weighted by molar-refractivity contribution is 6.03. The highest BCUT2D eigenvalue weighted by atomic mass is 16.3. The maximum absolute atomic E-state index is 13.1. The van der Waals surface area contributed by atoms with Gasteiger partial charge in [0.15, 0.2) is 0 Å². The molecule has 5 aromatic rings. The van der Waals surface area contributed by atoms with Crippen LogP contribution in [0.5, 0.6) is 17.2 Å². The van der Waals surface area contributed by atoms with Gasteiger partial charge in [0.05, 0.1) is 5.39 Å². The van der Waals surface area contributed by atoms with Gasteiger partial charge in [-0.3, -0.25) is 4.79 Å². The molecule has 1 heterocycles. The van der Waals surface area contributed by atoms with E-state index >= 15 is 0 Å². The molecular weight excluding hydrogens is 380 g/mol. The molecule has 0 amide bonds. The lowest BCUT2D eigenvalue weighted by atomic mass is 9.91. The molecule has 1 aromatic heterocycles. The van der Waals surface area contributed by atoms with Crippen LogP contribution in [0, 0.1) is 0 Å². The lowest BCUT2D eigenvalue weighted by Crippen LogP contribution is -2.03. The number of fused-ring (bicyclic) bond motifs is 2. The second kappa shape index (κ2) is 6.67. The summed E-state index contributed by atoms with van der Waals surface area (Å²) < 4.78 is 5.95. The molecule has 30 heavy (non-hydrogen) atoms. The van der Waals surface area contributed by atoms with Crippen molar-refractivity contribution in [3.8, 4) is 39.5 Å². The van der Waals surface area contributed by atoms with Crippen LogP contribution in [0.25, 0.3) is 44.2 Å². The Hall–Kier alpha value is -4.25. The Balaban J connectivity index is 1.94. The van der Waals surface area contributed by atoms with Gasteiger partial charge in [-0.05, 0) is 59.2 Å². The zero-order valence-electron chi connectivity index (χ0n) is 15.7. The Morgan fingerprint density at radius 1 is 0.667 bits per heavy atom. The first-order valence-corrected chi connectivity index (χ1v) is 9.33. The molecule has 0 radical (unpaired) electrons. The van der Waals surface area contributed by atoms with Crippen molar-refractivity contribution in [3.63, 3.8) is 0 Å². The monoisotopic (exact) mass is 396 g/mol. The second-order valence-electron chi connectivity index (χ2n) is 7.04. The van der Waals surface area contributed by atoms with E-state index in [0.29, 0.717) is 27.7 Å². The Morgan fingerprint density at radius 3 is 1.93 bits per heavy atom. The van der Waals surface area contributed by atoms with E-state index in [1.807, 2.05) is 0 Å². The molecule has 3 N–H and O–H groups in total. The smallest absolute Gasteiger partial charge is 0.204 e. The van der Waals surface area contributed by atoms with E-state index < -0.39 is 0 Å². The zero-order chi connectivity index (χ0) is 20.8. The van der Waals surface area contributed by atoms with Gasteiger partial charge in [-0.2, -0.15) is 0 Å². The number of phenolic OH excluding ortho intramolecular Hbond substituents is 3. The van der Waals surface area contributed by atoms with Gasteiger partial charge in [0.2, 0.25) is 5.43 Å². The van der Waals surface area contributed by atoms with Gasteiger partial charge in [-0.1, -0.05) is 36.4 Å². The van der Waals surface area contributed by atoms with Crippen LogP contribution in [-0.4, -0.2) is 15.3 Å². The molecule has 0 atom stereocenters. The summed E-state index contributed by atoms with van der Waals surface area (Å²) in [5.41, 5.74) is 2.80. The molecule has 5 nitrogen and oxygen atoms in total. The fourth-order valence-corrected chi connectivity index (χ4v) is 3.73. The standard InChI is InChI=1S/C25H16O5/c26-16-9-5-14(6-10-16)19-13-21-23(24(28)18-3-1-2-4-20(18)30-21)25(29)22(19)15-7-11-17(27)12-8-15/h1-13,26-27,29H. The third-order valence-electron chi connectivity index (χ3n) is 5.18. The van der Waals surface area contributed by atoms with Gasteiger partial charge in [0.1, 0.15) is 33.8 Å². The summed E-state index contributed by atoms with van der Waals surface area (Å²) >= 11 is 0. The fraction of sp³-hybridized carbons (Fsp3) is 0. The predicted molar refractivity (Wildman–Crippen MR) is 116 cm³/mol. The molecule has 0 aliphatic rings. The number of hydrogen-bond acceptors (Lipinski definition) is 5. The summed E-state index contributed by atoms with van der Waals surface area (Å²) in [6, 6.07) is 21.5.